The Hall–Kier alpha value is -1.40. The summed E-state index contributed by atoms with van der Waals surface area (Å²) >= 11 is 0. The second kappa shape index (κ2) is 8.14. The number of rotatable bonds is 5. The molecule has 6 nitrogen and oxygen atoms in total. The molecule has 118 valence electrons. The van der Waals surface area contributed by atoms with Gasteiger partial charge in [-0.2, -0.15) is 0 Å². The molecule has 2 heterocycles. The van der Waals surface area contributed by atoms with E-state index in [1.165, 1.54) is 0 Å². The van der Waals surface area contributed by atoms with Crippen LogP contribution in [0.4, 0.5) is 0 Å². The van der Waals surface area contributed by atoms with Gasteiger partial charge in [-0.25, -0.2) is 4.68 Å². The van der Waals surface area contributed by atoms with Gasteiger partial charge in [-0.3, -0.25) is 4.79 Å². The molecule has 1 saturated heterocycles. The fourth-order valence-corrected chi connectivity index (χ4v) is 2.55. The number of hydrogen-bond acceptors (Lipinski definition) is 4. The van der Waals surface area contributed by atoms with Crippen molar-refractivity contribution in [2.75, 3.05) is 13.1 Å². The van der Waals surface area contributed by atoms with Crippen molar-refractivity contribution in [1.82, 2.24) is 25.6 Å². The van der Waals surface area contributed by atoms with Crippen LogP contribution in [0.15, 0.2) is 12.7 Å². The summed E-state index contributed by atoms with van der Waals surface area (Å²) in [6.07, 6.45) is 4.59. The molecule has 1 amide bonds. The zero-order chi connectivity index (χ0) is 14.5. The van der Waals surface area contributed by atoms with Crippen LogP contribution in [0.3, 0.4) is 0 Å². The number of aromatic nitrogens is 3. The smallest absolute Gasteiger partial charge is 0.273 e. The first-order valence-corrected chi connectivity index (χ1v) is 7.17. The molecule has 0 aromatic carbocycles. The Bertz CT molecular complexity index is 482. The molecule has 21 heavy (non-hydrogen) atoms. The molecule has 0 saturated carbocycles. The summed E-state index contributed by atoms with van der Waals surface area (Å²) < 4.78 is 1.90. The zero-order valence-electron chi connectivity index (χ0n) is 12.6. The largest absolute Gasteiger partial charge is 0.348 e. The molecule has 0 bridgehead atoms. The van der Waals surface area contributed by atoms with Crippen LogP contribution in [0.1, 0.15) is 48.4 Å². The molecule has 1 aliphatic rings. The van der Waals surface area contributed by atoms with Crippen molar-refractivity contribution in [3.8, 4) is 0 Å². The molecule has 2 rings (SSSR count). The highest BCUT2D eigenvalue weighted by Crippen LogP contribution is 2.20. The van der Waals surface area contributed by atoms with Crippen LogP contribution in [-0.2, 0) is 0 Å². The Morgan fingerprint density at radius 1 is 1.57 bits per heavy atom. The highest BCUT2D eigenvalue weighted by Gasteiger charge is 2.23. The standard InChI is InChI=1S/C14H23N5O.ClH/c1-4-5-10(2)16-14(20)13-11(3)19(18-17-13)12-6-8-15-9-7-12;/h4,10,12,15H,1,5-9H2,2-3H3,(H,16,20);1H. The summed E-state index contributed by atoms with van der Waals surface area (Å²) in [6.45, 7) is 9.51. The summed E-state index contributed by atoms with van der Waals surface area (Å²) in [4.78, 5) is 12.2. The fourth-order valence-electron chi connectivity index (χ4n) is 2.55. The first-order chi connectivity index (χ1) is 9.63. The summed E-state index contributed by atoms with van der Waals surface area (Å²) in [5, 5.41) is 14.5. The van der Waals surface area contributed by atoms with Gasteiger partial charge in [0.15, 0.2) is 5.69 Å². The number of carbonyl (C=O) groups excluding carboxylic acids is 1. The monoisotopic (exact) mass is 313 g/mol. The van der Waals surface area contributed by atoms with Gasteiger partial charge in [0, 0.05) is 6.04 Å². The van der Waals surface area contributed by atoms with Crippen molar-refractivity contribution in [2.45, 2.75) is 45.2 Å². The van der Waals surface area contributed by atoms with Gasteiger partial charge >= 0.3 is 0 Å². The lowest BCUT2D eigenvalue weighted by Crippen LogP contribution is -2.33. The summed E-state index contributed by atoms with van der Waals surface area (Å²) in [5.41, 5.74) is 1.28. The molecule has 2 N–H and O–H groups in total. The van der Waals surface area contributed by atoms with E-state index in [0.29, 0.717) is 11.7 Å². The quantitative estimate of drug-likeness (QED) is 0.810. The molecule has 1 fully saturated rings. The van der Waals surface area contributed by atoms with E-state index in [9.17, 15) is 4.79 Å². The van der Waals surface area contributed by atoms with Crippen LogP contribution in [-0.4, -0.2) is 40.0 Å². The van der Waals surface area contributed by atoms with Crippen LogP contribution < -0.4 is 10.6 Å². The second-order valence-electron chi connectivity index (χ2n) is 5.35. The van der Waals surface area contributed by atoms with E-state index in [4.69, 9.17) is 0 Å². The number of amides is 1. The SMILES string of the molecule is C=CCC(C)NC(=O)c1nnn(C2CCNCC2)c1C.Cl. The topological polar surface area (TPSA) is 71.8 Å². The number of nitrogens with one attached hydrogen (secondary N) is 2. The third kappa shape index (κ3) is 4.28. The van der Waals surface area contributed by atoms with E-state index in [1.54, 1.807) is 6.08 Å². The number of nitrogens with zero attached hydrogens (tertiary/aromatic N) is 3. The van der Waals surface area contributed by atoms with Crippen LogP contribution in [0.2, 0.25) is 0 Å². The first kappa shape index (κ1) is 17.7. The van der Waals surface area contributed by atoms with E-state index < -0.39 is 0 Å². The molecule has 1 aliphatic heterocycles. The minimum absolute atomic E-state index is 0. The second-order valence-corrected chi connectivity index (χ2v) is 5.35. The van der Waals surface area contributed by atoms with Crippen LogP contribution in [0, 0.1) is 6.92 Å². The number of hydrogen-bond donors (Lipinski definition) is 2. The van der Waals surface area contributed by atoms with E-state index in [-0.39, 0.29) is 24.4 Å². The molecule has 1 unspecified atom stereocenters. The average molecular weight is 314 g/mol. The zero-order valence-corrected chi connectivity index (χ0v) is 13.4. The molecule has 7 heteroatoms. The first-order valence-electron chi connectivity index (χ1n) is 7.17. The van der Waals surface area contributed by atoms with Crippen molar-refractivity contribution >= 4 is 18.3 Å². The van der Waals surface area contributed by atoms with Gasteiger partial charge in [0.2, 0.25) is 0 Å². The Kier molecular flexibility index (Phi) is 6.84. The van der Waals surface area contributed by atoms with E-state index >= 15 is 0 Å². The predicted octanol–water partition coefficient (Wildman–Crippen LogP) is 1.63. The minimum atomic E-state index is -0.156. The lowest BCUT2D eigenvalue weighted by molar-refractivity contribution is 0.0934. The van der Waals surface area contributed by atoms with Gasteiger partial charge in [0.05, 0.1) is 11.7 Å². The molecule has 0 aliphatic carbocycles. The van der Waals surface area contributed by atoms with Gasteiger partial charge in [-0.1, -0.05) is 11.3 Å². The van der Waals surface area contributed by atoms with Gasteiger partial charge < -0.3 is 10.6 Å². The van der Waals surface area contributed by atoms with Gasteiger partial charge in [0.25, 0.3) is 5.91 Å². The lowest BCUT2D eigenvalue weighted by atomic mass is 10.1. The maximum absolute atomic E-state index is 12.2. The van der Waals surface area contributed by atoms with E-state index in [0.717, 1.165) is 38.0 Å². The Labute approximate surface area is 131 Å². The van der Waals surface area contributed by atoms with Crippen molar-refractivity contribution < 1.29 is 4.79 Å². The van der Waals surface area contributed by atoms with E-state index in [1.807, 2.05) is 18.5 Å². The maximum atomic E-state index is 12.2. The molecule has 1 atom stereocenters. The minimum Gasteiger partial charge on any atom is -0.348 e. The third-order valence-electron chi connectivity index (χ3n) is 3.69. The molecular formula is C14H24ClN5O. The number of piperidine rings is 1. The lowest BCUT2D eigenvalue weighted by Gasteiger charge is -2.23. The fraction of sp³-hybridized carbons (Fsp3) is 0.643. The van der Waals surface area contributed by atoms with Crippen LogP contribution in [0.5, 0.6) is 0 Å². The average Bonchev–Trinajstić information content (AvgIpc) is 2.82. The van der Waals surface area contributed by atoms with Gasteiger partial charge in [0.1, 0.15) is 0 Å². The van der Waals surface area contributed by atoms with Crippen molar-refractivity contribution in [2.24, 2.45) is 0 Å². The molecular weight excluding hydrogens is 290 g/mol. The van der Waals surface area contributed by atoms with Gasteiger partial charge in [-0.15, -0.1) is 24.1 Å². The normalized spacial score (nSPS) is 16.9. The predicted molar refractivity (Wildman–Crippen MR) is 84.9 cm³/mol. The van der Waals surface area contributed by atoms with E-state index in [2.05, 4.69) is 27.5 Å². The van der Waals surface area contributed by atoms with Crippen LogP contribution in [0.25, 0.3) is 0 Å². The third-order valence-corrected chi connectivity index (χ3v) is 3.69. The molecule has 0 spiro atoms. The molecule has 0 radical (unpaired) electrons. The Balaban J connectivity index is 0.00000220. The highest BCUT2D eigenvalue weighted by molar-refractivity contribution is 5.93. The summed E-state index contributed by atoms with van der Waals surface area (Å²) in [5.74, 6) is -0.156. The van der Waals surface area contributed by atoms with Crippen molar-refractivity contribution in [3.63, 3.8) is 0 Å². The Morgan fingerprint density at radius 2 is 2.24 bits per heavy atom. The number of carbonyl (C=O) groups is 1. The maximum Gasteiger partial charge on any atom is 0.273 e. The molecule has 1 aromatic rings. The summed E-state index contributed by atoms with van der Waals surface area (Å²) in [7, 11) is 0. The highest BCUT2D eigenvalue weighted by atomic mass is 35.5. The Morgan fingerprint density at radius 3 is 2.86 bits per heavy atom. The van der Waals surface area contributed by atoms with Crippen molar-refractivity contribution in [3.05, 3.63) is 24.0 Å². The number of halogens is 1. The summed E-state index contributed by atoms with van der Waals surface area (Å²) in [6, 6.07) is 0.402. The molecule has 1 aromatic heterocycles. The van der Waals surface area contributed by atoms with Crippen molar-refractivity contribution in [1.29, 1.82) is 0 Å². The van der Waals surface area contributed by atoms with Gasteiger partial charge in [-0.05, 0) is 46.2 Å². The van der Waals surface area contributed by atoms with Crippen LogP contribution >= 0.6 is 12.4 Å².